The molecule has 2 aromatic carbocycles. The maximum absolute atomic E-state index is 13.1. The van der Waals surface area contributed by atoms with E-state index in [0.717, 1.165) is 4.90 Å². The minimum Gasteiger partial charge on any atom is -0.493 e. The number of carbonyl (C=O) groups is 4. The van der Waals surface area contributed by atoms with Gasteiger partial charge in [-0.05, 0) is 61.4 Å². The molecule has 0 spiro atoms. The first-order valence-electron chi connectivity index (χ1n) is 10.6. The Morgan fingerprint density at radius 3 is 2.51 bits per heavy atom. The summed E-state index contributed by atoms with van der Waals surface area (Å²) in [6, 6.07) is 8.39. The first kappa shape index (κ1) is 25.5. The SMILES string of the molecule is C=CCc1cc(/C=C2\C(=O)NC(=O)N(c3ccc(Cl)cc3)C2=O)cc(OC)c1OCC(=O)OCC. The number of urea groups is 1. The highest BCUT2D eigenvalue weighted by Crippen LogP contribution is 2.35. The second-order valence-corrected chi connectivity index (χ2v) is 7.67. The number of carbonyl (C=O) groups excluding carboxylic acids is 4. The van der Waals surface area contributed by atoms with Gasteiger partial charge in [0, 0.05) is 10.6 Å². The number of benzene rings is 2. The van der Waals surface area contributed by atoms with Crippen LogP contribution in [0.4, 0.5) is 10.5 Å². The van der Waals surface area contributed by atoms with E-state index in [0.29, 0.717) is 28.3 Å². The second kappa shape index (κ2) is 11.3. The molecule has 1 fully saturated rings. The molecule has 1 aliphatic heterocycles. The van der Waals surface area contributed by atoms with E-state index in [2.05, 4.69) is 11.9 Å². The maximum Gasteiger partial charge on any atom is 0.344 e. The van der Waals surface area contributed by atoms with E-state index in [4.69, 9.17) is 25.8 Å². The molecule has 1 N–H and O–H groups in total. The van der Waals surface area contributed by atoms with E-state index in [1.807, 2.05) is 0 Å². The molecule has 4 amide bonds. The molecular weight excluding hydrogens is 476 g/mol. The van der Waals surface area contributed by atoms with Gasteiger partial charge < -0.3 is 14.2 Å². The van der Waals surface area contributed by atoms with Gasteiger partial charge in [0.2, 0.25) is 0 Å². The summed E-state index contributed by atoms with van der Waals surface area (Å²) in [5, 5.41) is 2.60. The molecule has 10 heteroatoms. The smallest absolute Gasteiger partial charge is 0.344 e. The summed E-state index contributed by atoms with van der Waals surface area (Å²) in [6.07, 6.45) is 3.32. The fourth-order valence-corrected chi connectivity index (χ4v) is 3.50. The number of amides is 4. The van der Waals surface area contributed by atoms with Gasteiger partial charge in [-0.25, -0.2) is 14.5 Å². The van der Waals surface area contributed by atoms with Crippen LogP contribution in [0.2, 0.25) is 5.02 Å². The summed E-state index contributed by atoms with van der Waals surface area (Å²) in [4.78, 5) is 50.6. The minimum absolute atomic E-state index is 0.219. The molecule has 0 aromatic heterocycles. The number of allylic oxidation sites excluding steroid dienone is 1. The molecule has 0 aliphatic carbocycles. The lowest BCUT2D eigenvalue weighted by Crippen LogP contribution is -2.54. The monoisotopic (exact) mass is 498 g/mol. The Hall–Kier alpha value is -4.11. The first-order valence-corrected chi connectivity index (χ1v) is 10.9. The third-order valence-electron chi connectivity index (χ3n) is 4.88. The molecule has 1 heterocycles. The number of halogens is 1. The quantitative estimate of drug-likeness (QED) is 0.243. The van der Waals surface area contributed by atoms with E-state index in [1.165, 1.54) is 37.5 Å². The number of rotatable bonds is 9. The topological polar surface area (TPSA) is 111 Å². The predicted molar refractivity (Wildman–Crippen MR) is 129 cm³/mol. The molecule has 2 aromatic rings. The van der Waals surface area contributed by atoms with Crippen LogP contribution in [-0.4, -0.2) is 44.1 Å². The van der Waals surface area contributed by atoms with Crippen molar-refractivity contribution in [2.45, 2.75) is 13.3 Å². The van der Waals surface area contributed by atoms with Crippen molar-refractivity contribution >= 4 is 47.2 Å². The summed E-state index contributed by atoms with van der Waals surface area (Å²) in [5.74, 6) is -1.60. The van der Waals surface area contributed by atoms with Crippen LogP contribution in [0.3, 0.4) is 0 Å². The number of ether oxygens (including phenoxy) is 3. The molecular formula is C25H23ClN2O7. The van der Waals surface area contributed by atoms with Gasteiger partial charge in [0.25, 0.3) is 11.8 Å². The Morgan fingerprint density at radius 1 is 1.17 bits per heavy atom. The van der Waals surface area contributed by atoms with E-state index < -0.39 is 23.8 Å². The molecule has 9 nitrogen and oxygen atoms in total. The summed E-state index contributed by atoms with van der Waals surface area (Å²) >= 11 is 5.90. The van der Waals surface area contributed by atoms with Gasteiger partial charge in [-0.15, -0.1) is 6.58 Å². The Bertz CT molecular complexity index is 1210. The number of barbiturate groups is 1. The fourth-order valence-electron chi connectivity index (χ4n) is 3.37. The normalized spacial score (nSPS) is 14.5. The standard InChI is InChI=1S/C25H23ClN2O7/c1-4-6-16-11-15(13-20(33-3)22(16)35-14-21(29)34-5-2)12-19-23(30)27-25(32)28(24(19)31)18-9-7-17(26)8-10-18/h4,7-13H,1,5-6,14H2,2-3H3,(H,27,30,32)/b19-12+. The lowest BCUT2D eigenvalue weighted by Gasteiger charge is -2.26. The Balaban J connectivity index is 2.00. The van der Waals surface area contributed by atoms with Crippen LogP contribution < -0.4 is 19.7 Å². The lowest BCUT2D eigenvalue weighted by molar-refractivity contribution is -0.145. The van der Waals surface area contributed by atoms with Crippen molar-refractivity contribution in [3.63, 3.8) is 0 Å². The molecule has 0 atom stereocenters. The van der Waals surface area contributed by atoms with Gasteiger partial charge in [0.1, 0.15) is 5.57 Å². The third-order valence-corrected chi connectivity index (χ3v) is 5.13. The predicted octanol–water partition coefficient (Wildman–Crippen LogP) is 3.69. The highest BCUT2D eigenvalue weighted by atomic mass is 35.5. The van der Waals surface area contributed by atoms with Crippen LogP contribution in [0.1, 0.15) is 18.1 Å². The van der Waals surface area contributed by atoms with Crippen LogP contribution in [0.25, 0.3) is 6.08 Å². The minimum atomic E-state index is -0.868. The van der Waals surface area contributed by atoms with E-state index in [9.17, 15) is 19.2 Å². The van der Waals surface area contributed by atoms with Crippen LogP contribution in [0.5, 0.6) is 11.5 Å². The fraction of sp³-hybridized carbons (Fsp3) is 0.200. The number of esters is 1. The number of anilines is 1. The third kappa shape index (κ3) is 5.88. The summed E-state index contributed by atoms with van der Waals surface area (Å²) in [7, 11) is 1.42. The molecule has 3 rings (SSSR count). The second-order valence-electron chi connectivity index (χ2n) is 7.23. The number of hydrogen-bond acceptors (Lipinski definition) is 7. The van der Waals surface area contributed by atoms with Crippen molar-refractivity contribution in [2.75, 3.05) is 25.2 Å². The highest BCUT2D eigenvalue weighted by molar-refractivity contribution is 6.39. The molecule has 35 heavy (non-hydrogen) atoms. The molecule has 1 aliphatic rings. The zero-order valence-electron chi connectivity index (χ0n) is 19.1. The Labute approximate surface area is 206 Å². The van der Waals surface area contributed by atoms with Crippen LogP contribution in [0.15, 0.2) is 54.6 Å². The zero-order chi connectivity index (χ0) is 25.5. The molecule has 0 radical (unpaired) electrons. The number of imide groups is 2. The Morgan fingerprint density at radius 2 is 1.89 bits per heavy atom. The van der Waals surface area contributed by atoms with Crippen LogP contribution in [0, 0.1) is 0 Å². The van der Waals surface area contributed by atoms with Crippen molar-refractivity contribution in [1.82, 2.24) is 5.32 Å². The first-order chi connectivity index (χ1) is 16.8. The van der Waals surface area contributed by atoms with Gasteiger partial charge >= 0.3 is 12.0 Å². The molecule has 0 bridgehead atoms. The number of hydrogen-bond donors (Lipinski definition) is 1. The Kier molecular flexibility index (Phi) is 8.27. The molecule has 1 saturated heterocycles. The van der Waals surface area contributed by atoms with Crippen molar-refractivity contribution in [1.29, 1.82) is 0 Å². The average molecular weight is 499 g/mol. The number of methoxy groups -OCH3 is 1. The summed E-state index contributed by atoms with van der Waals surface area (Å²) in [6.45, 7) is 5.31. The van der Waals surface area contributed by atoms with Crippen molar-refractivity contribution < 1.29 is 33.4 Å². The van der Waals surface area contributed by atoms with E-state index >= 15 is 0 Å². The van der Waals surface area contributed by atoms with Gasteiger partial charge in [-0.1, -0.05) is 17.7 Å². The van der Waals surface area contributed by atoms with Crippen LogP contribution >= 0.6 is 11.6 Å². The maximum atomic E-state index is 13.1. The summed E-state index contributed by atoms with van der Waals surface area (Å²) in [5.41, 5.74) is 1.03. The van der Waals surface area contributed by atoms with E-state index in [1.54, 1.807) is 25.1 Å². The molecule has 0 saturated carbocycles. The van der Waals surface area contributed by atoms with E-state index in [-0.39, 0.29) is 30.2 Å². The molecule has 182 valence electrons. The van der Waals surface area contributed by atoms with Gasteiger partial charge in [-0.2, -0.15) is 0 Å². The number of nitrogens with one attached hydrogen (secondary N) is 1. The number of nitrogens with zero attached hydrogens (tertiary/aromatic N) is 1. The van der Waals surface area contributed by atoms with Crippen molar-refractivity contribution in [3.8, 4) is 11.5 Å². The van der Waals surface area contributed by atoms with Gasteiger partial charge in [-0.3, -0.25) is 14.9 Å². The van der Waals surface area contributed by atoms with Crippen molar-refractivity contribution in [2.24, 2.45) is 0 Å². The van der Waals surface area contributed by atoms with Crippen LogP contribution in [-0.2, 0) is 25.5 Å². The lowest BCUT2D eigenvalue weighted by atomic mass is 10.0. The largest absolute Gasteiger partial charge is 0.493 e. The molecule has 0 unspecified atom stereocenters. The zero-order valence-corrected chi connectivity index (χ0v) is 19.9. The van der Waals surface area contributed by atoms with Gasteiger partial charge in [0.05, 0.1) is 19.4 Å². The highest BCUT2D eigenvalue weighted by Gasteiger charge is 2.36. The summed E-state index contributed by atoms with van der Waals surface area (Å²) < 4.78 is 15.9. The van der Waals surface area contributed by atoms with Gasteiger partial charge in [0.15, 0.2) is 18.1 Å². The van der Waals surface area contributed by atoms with Crippen molar-refractivity contribution in [3.05, 3.63) is 70.8 Å². The average Bonchev–Trinajstić information content (AvgIpc) is 2.82.